The van der Waals surface area contributed by atoms with Crippen molar-refractivity contribution in [3.8, 4) is 0 Å². The second kappa shape index (κ2) is 7.64. The molecular weight excluding hydrogens is 280 g/mol. The summed E-state index contributed by atoms with van der Waals surface area (Å²) in [5, 5.41) is 3.37. The van der Waals surface area contributed by atoms with Gasteiger partial charge in [-0.1, -0.05) is 0 Å². The minimum atomic E-state index is -0.263. The molecule has 2 aliphatic heterocycles. The molecule has 0 atom stereocenters. The zero-order valence-corrected chi connectivity index (χ0v) is 12.2. The standard InChI is InChI=1S/C13H20N2O4S/c16-11(9-15-12(17)1-2-13(15)18)14-5-8-20-10-3-6-19-7-4-10/h10H,1-9H2,(H,14,16). The van der Waals surface area contributed by atoms with Gasteiger partial charge in [-0.15, -0.1) is 0 Å². The van der Waals surface area contributed by atoms with Crippen LogP contribution in [-0.4, -0.2) is 59.9 Å². The molecule has 20 heavy (non-hydrogen) atoms. The molecule has 2 heterocycles. The van der Waals surface area contributed by atoms with Crippen LogP contribution < -0.4 is 5.32 Å². The Morgan fingerprint density at radius 3 is 2.55 bits per heavy atom. The largest absolute Gasteiger partial charge is 0.381 e. The lowest BCUT2D eigenvalue weighted by molar-refractivity contribution is -0.142. The maximum absolute atomic E-state index is 11.7. The predicted octanol–water partition coefficient (Wildman–Crippen LogP) is 0.164. The number of thioether (sulfide) groups is 1. The number of nitrogens with one attached hydrogen (secondary N) is 1. The number of hydrogen-bond acceptors (Lipinski definition) is 5. The fraction of sp³-hybridized carbons (Fsp3) is 0.769. The van der Waals surface area contributed by atoms with E-state index in [2.05, 4.69) is 5.32 Å². The van der Waals surface area contributed by atoms with Crippen LogP contribution in [0.1, 0.15) is 25.7 Å². The molecule has 2 fully saturated rings. The molecule has 7 heteroatoms. The second-order valence-electron chi connectivity index (χ2n) is 4.91. The van der Waals surface area contributed by atoms with Crippen molar-refractivity contribution >= 4 is 29.5 Å². The highest BCUT2D eigenvalue weighted by molar-refractivity contribution is 7.99. The highest BCUT2D eigenvalue weighted by Crippen LogP contribution is 2.21. The number of nitrogens with zero attached hydrogens (tertiary/aromatic N) is 1. The van der Waals surface area contributed by atoms with Gasteiger partial charge in [-0.25, -0.2) is 0 Å². The summed E-state index contributed by atoms with van der Waals surface area (Å²) in [6.07, 6.45) is 2.59. The van der Waals surface area contributed by atoms with Crippen LogP contribution in [0.2, 0.25) is 0 Å². The molecule has 1 N–H and O–H groups in total. The van der Waals surface area contributed by atoms with Gasteiger partial charge in [0.2, 0.25) is 17.7 Å². The van der Waals surface area contributed by atoms with E-state index >= 15 is 0 Å². The van der Waals surface area contributed by atoms with Crippen molar-refractivity contribution in [2.45, 2.75) is 30.9 Å². The Hall–Kier alpha value is -1.08. The first-order valence-corrected chi connectivity index (χ1v) is 8.01. The predicted molar refractivity (Wildman–Crippen MR) is 75.3 cm³/mol. The third kappa shape index (κ3) is 4.49. The molecule has 6 nitrogen and oxygen atoms in total. The Morgan fingerprint density at radius 1 is 1.25 bits per heavy atom. The molecule has 2 rings (SSSR count). The zero-order chi connectivity index (χ0) is 14.4. The van der Waals surface area contributed by atoms with E-state index in [9.17, 15) is 14.4 Å². The van der Waals surface area contributed by atoms with E-state index in [1.807, 2.05) is 11.8 Å². The number of hydrogen-bond donors (Lipinski definition) is 1. The number of carbonyl (C=O) groups is 3. The molecular formula is C13H20N2O4S. The van der Waals surface area contributed by atoms with Gasteiger partial charge in [0.25, 0.3) is 0 Å². The summed E-state index contributed by atoms with van der Waals surface area (Å²) in [5.41, 5.74) is 0. The number of likely N-dealkylation sites (tertiary alicyclic amines) is 1. The molecule has 0 radical (unpaired) electrons. The van der Waals surface area contributed by atoms with Gasteiger partial charge in [-0.05, 0) is 12.8 Å². The Bertz CT molecular complexity index is 367. The average molecular weight is 300 g/mol. The molecule has 0 unspecified atom stereocenters. The number of amides is 3. The van der Waals surface area contributed by atoms with Crippen LogP contribution in [0.25, 0.3) is 0 Å². The van der Waals surface area contributed by atoms with Gasteiger partial charge >= 0.3 is 0 Å². The summed E-state index contributed by atoms with van der Waals surface area (Å²) in [6.45, 7) is 2.07. The van der Waals surface area contributed by atoms with Crippen LogP contribution >= 0.6 is 11.8 Å². The first-order chi connectivity index (χ1) is 9.66. The fourth-order valence-electron chi connectivity index (χ4n) is 2.26. The van der Waals surface area contributed by atoms with E-state index in [0.717, 1.165) is 36.7 Å². The Morgan fingerprint density at radius 2 is 1.90 bits per heavy atom. The van der Waals surface area contributed by atoms with Crippen molar-refractivity contribution < 1.29 is 19.1 Å². The minimum absolute atomic E-state index is 0.139. The third-order valence-corrected chi connectivity index (χ3v) is 4.79. The highest BCUT2D eigenvalue weighted by Gasteiger charge is 2.30. The molecule has 0 aromatic rings. The second-order valence-corrected chi connectivity index (χ2v) is 6.31. The molecule has 112 valence electrons. The van der Waals surface area contributed by atoms with Crippen molar-refractivity contribution in [1.82, 2.24) is 10.2 Å². The maximum atomic E-state index is 11.7. The summed E-state index contributed by atoms with van der Waals surface area (Å²) in [4.78, 5) is 35.4. The van der Waals surface area contributed by atoms with Crippen LogP contribution in [-0.2, 0) is 19.1 Å². The quantitative estimate of drug-likeness (QED) is 0.559. The fourth-order valence-corrected chi connectivity index (χ4v) is 3.34. The molecule has 2 saturated heterocycles. The number of rotatable bonds is 6. The first kappa shape index (κ1) is 15.3. The van der Waals surface area contributed by atoms with Gasteiger partial charge in [0.1, 0.15) is 6.54 Å². The van der Waals surface area contributed by atoms with E-state index < -0.39 is 0 Å². The zero-order valence-electron chi connectivity index (χ0n) is 11.4. The SMILES string of the molecule is O=C(CN1C(=O)CCC1=O)NCCSC1CCOCC1. The topological polar surface area (TPSA) is 75.7 Å². The summed E-state index contributed by atoms with van der Waals surface area (Å²) in [7, 11) is 0. The van der Waals surface area contributed by atoms with Crippen molar-refractivity contribution in [3.05, 3.63) is 0 Å². The van der Waals surface area contributed by atoms with Gasteiger partial charge in [0, 0.05) is 43.6 Å². The van der Waals surface area contributed by atoms with Crippen LogP contribution in [0.4, 0.5) is 0 Å². The third-order valence-electron chi connectivity index (χ3n) is 3.40. The Kier molecular flexibility index (Phi) is 5.85. The molecule has 0 saturated carbocycles. The molecule has 0 aromatic carbocycles. The molecule has 3 amide bonds. The van der Waals surface area contributed by atoms with Crippen molar-refractivity contribution in [2.24, 2.45) is 0 Å². The van der Waals surface area contributed by atoms with Gasteiger partial charge in [-0.2, -0.15) is 11.8 Å². The van der Waals surface area contributed by atoms with Crippen LogP contribution in [0, 0.1) is 0 Å². The van der Waals surface area contributed by atoms with Crippen molar-refractivity contribution in [3.63, 3.8) is 0 Å². The molecule has 2 aliphatic rings. The van der Waals surface area contributed by atoms with Crippen LogP contribution in [0.5, 0.6) is 0 Å². The monoisotopic (exact) mass is 300 g/mol. The summed E-state index contributed by atoms with van der Waals surface area (Å²) >= 11 is 1.84. The lowest BCUT2D eigenvalue weighted by Gasteiger charge is -2.21. The van der Waals surface area contributed by atoms with E-state index in [0.29, 0.717) is 11.8 Å². The maximum Gasteiger partial charge on any atom is 0.240 e. The van der Waals surface area contributed by atoms with Crippen LogP contribution in [0.3, 0.4) is 0 Å². The van der Waals surface area contributed by atoms with Gasteiger partial charge in [-0.3, -0.25) is 19.3 Å². The number of imide groups is 1. The highest BCUT2D eigenvalue weighted by atomic mass is 32.2. The average Bonchev–Trinajstić information content (AvgIpc) is 2.77. The van der Waals surface area contributed by atoms with E-state index in [1.165, 1.54) is 0 Å². The Labute approximate surface area is 122 Å². The summed E-state index contributed by atoms with van der Waals surface area (Å²) in [5.74, 6) is 0.0859. The van der Waals surface area contributed by atoms with Gasteiger partial charge in [0.05, 0.1) is 0 Å². The molecule has 0 spiro atoms. The van der Waals surface area contributed by atoms with Gasteiger partial charge < -0.3 is 10.1 Å². The molecule has 0 bridgehead atoms. The Balaban J connectivity index is 1.58. The first-order valence-electron chi connectivity index (χ1n) is 6.96. The number of ether oxygens (including phenoxy) is 1. The van der Waals surface area contributed by atoms with E-state index in [-0.39, 0.29) is 37.1 Å². The molecule has 0 aliphatic carbocycles. The van der Waals surface area contributed by atoms with E-state index in [4.69, 9.17) is 4.74 Å². The van der Waals surface area contributed by atoms with E-state index in [1.54, 1.807) is 0 Å². The van der Waals surface area contributed by atoms with Gasteiger partial charge in [0.15, 0.2) is 0 Å². The smallest absolute Gasteiger partial charge is 0.240 e. The lowest BCUT2D eigenvalue weighted by Crippen LogP contribution is -2.40. The lowest BCUT2D eigenvalue weighted by atomic mass is 10.2. The molecule has 0 aromatic heterocycles. The van der Waals surface area contributed by atoms with Crippen molar-refractivity contribution in [2.75, 3.05) is 32.1 Å². The normalized spacial score (nSPS) is 20.5. The number of carbonyl (C=O) groups excluding carboxylic acids is 3. The van der Waals surface area contributed by atoms with Crippen molar-refractivity contribution in [1.29, 1.82) is 0 Å². The summed E-state index contributed by atoms with van der Waals surface area (Å²) in [6, 6.07) is 0. The minimum Gasteiger partial charge on any atom is -0.381 e. The van der Waals surface area contributed by atoms with Crippen LogP contribution in [0.15, 0.2) is 0 Å². The summed E-state index contributed by atoms with van der Waals surface area (Å²) < 4.78 is 5.29.